The van der Waals surface area contributed by atoms with Crippen LogP contribution in [0.4, 0.5) is 11.6 Å². The van der Waals surface area contributed by atoms with E-state index in [1.807, 2.05) is 49.6 Å². The van der Waals surface area contributed by atoms with Gasteiger partial charge in [-0.05, 0) is 53.8 Å². The van der Waals surface area contributed by atoms with E-state index in [-0.39, 0.29) is 11.9 Å². The molecule has 0 radical (unpaired) electrons. The SMILES string of the molecule is CCCCS(=O)(=O)Nc1cccc(-c2ccc3nc(OC4CCN(c5ncc(CCC)cn5)CC4)sc3c2)c1. The lowest BCUT2D eigenvalue weighted by Crippen LogP contribution is -2.39. The molecule has 1 N–H and O–H groups in total. The van der Waals surface area contributed by atoms with Crippen molar-refractivity contribution < 1.29 is 13.2 Å². The number of hydrogen-bond donors (Lipinski definition) is 1. The summed E-state index contributed by atoms with van der Waals surface area (Å²) in [4.78, 5) is 16.0. The molecule has 0 aliphatic carbocycles. The van der Waals surface area contributed by atoms with Gasteiger partial charge in [0.2, 0.25) is 16.0 Å². The first-order valence-electron chi connectivity index (χ1n) is 13.7. The smallest absolute Gasteiger partial charge is 0.274 e. The maximum Gasteiger partial charge on any atom is 0.274 e. The van der Waals surface area contributed by atoms with Gasteiger partial charge < -0.3 is 9.64 Å². The van der Waals surface area contributed by atoms with Gasteiger partial charge in [0.15, 0.2) is 0 Å². The second-order valence-electron chi connectivity index (χ2n) is 9.96. The summed E-state index contributed by atoms with van der Waals surface area (Å²) in [5.41, 5.74) is 4.60. The molecule has 5 rings (SSSR count). The topological polar surface area (TPSA) is 97.3 Å². The highest BCUT2D eigenvalue weighted by atomic mass is 32.2. The zero-order chi connectivity index (χ0) is 27.2. The maximum atomic E-state index is 12.3. The van der Waals surface area contributed by atoms with E-state index in [0.717, 1.165) is 72.5 Å². The number of nitrogens with zero attached hydrogens (tertiary/aromatic N) is 4. The molecule has 39 heavy (non-hydrogen) atoms. The van der Waals surface area contributed by atoms with Crippen molar-refractivity contribution in [1.82, 2.24) is 15.0 Å². The Hall–Kier alpha value is -3.24. The number of piperidine rings is 1. The lowest BCUT2D eigenvalue weighted by atomic mass is 10.1. The van der Waals surface area contributed by atoms with Gasteiger partial charge in [-0.3, -0.25) is 4.72 Å². The highest BCUT2D eigenvalue weighted by Gasteiger charge is 2.23. The normalized spacial score (nSPS) is 14.6. The van der Waals surface area contributed by atoms with Crippen molar-refractivity contribution in [3.05, 3.63) is 60.4 Å². The monoisotopic (exact) mass is 565 g/mol. The first kappa shape index (κ1) is 27.3. The molecule has 4 aromatic rings. The van der Waals surface area contributed by atoms with Gasteiger partial charge in [0.05, 0.1) is 16.0 Å². The largest absolute Gasteiger partial charge is 0.467 e. The van der Waals surface area contributed by atoms with Crippen LogP contribution in [0.5, 0.6) is 5.19 Å². The first-order valence-corrected chi connectivity index (χ1v) is 16.1. The van der Waals surface area contributed by atoms with Crippen LogP contribution < -0.4 is 14.4 Å². The summed E-state index contributed by atoms with van der Waals surface area (Å²) in [6, 6.07) is 13.6. The van der Waals surface area contributed by atoms with Crippen molar-refractivity contribution in [3.8, 4) is 16.3 Å². The number of thiazole rings is 1. The number of sulfonamides is 1. The third-order valence-electron chi connectivity index (χ3n) is 6.83. The minimum atomic E-state index is -3.35. The van der Waals surface area contributed by atoms with Crippen molar-refractivity contribution in [2.75, 3.05) is 28.5 Å². The summed E-state index contributed by atoms with van der Waals surface area (Å²) in [7, 11) is -3.35. The van der Waals surface area contributed by atoms with Crippen LogP contribution in [0.2, 0.25) is 0 Å². The van der Waals surface area contributed by atoms with Gasteiger partial charge >= 0.3 is 0 Å². The number of rotatable bonds is 11. The van der Waals surface area contributed by atoms with Gasteiger partial charge in [0.25, 0.3) is 5.19 Å². The second kappa shape index (κ2) is 12.3. The van der Waals surface area contributed by atoms with Crippen LogP contribution >= 0.6 is 11.3 Å². The van der Waals surface area contributed by atoms with Crippen LogP contribution in [0.3, 0.4) is 0 Å². The first-order chi connectivity index (χ1) is 18.9. The number of unbranched alkanes of at least 4 members (excludes halogenated alkanes) is 1. The number of hydrogen-bond acceptors (Lipinski definition) is 8. The van der Waals surface area contributed by atoms with Gasteiger partial charge in [-0.15, -0.1) is 0 Å². The van der Waals surface area contributed by atoms with E-state index in [1.54, 1.807) is 17.4 Å². The summed E-state index contributed by atoms with van der Waals surface area (Å²) in [5, 5.41) is 0.679. The fourth-order valence-corrected chi connectivity index (χ4v) is 6.88. The van der Waals surface area contributed by atoms with Crippen LogP contribution in [0.1, 0.15) is 51.5 Å². The van der Waals surface area contributed by atoms with Crippen LogP contribution in [0, 0.1) is 0 Å². The number of benzene rings is 2. The molecule has 0 bridgehead atoms. The highest BCUT2D eigenvalue weighted by Crippen LogP contribution is 2.34. The summed E-state index contributed by atoms with van der Waals surface area (Å²) in [5.74, 6) is 0.918. The van der Waals surface area contributed by atoms with Gasteiger partial charge in [-0.1, -0.05) is 56.2 Å². The molecular formula is C29H35N5O3S2. The molecule has 0 saturated carbocycles. The molecule has 1 saturated heterocycles. The van der Waals surface area contributed by atoms with Crippen LogP contribution in [0.15, 0.2) is 54.9 Å². The summed E-state index contributed by atoms with van der Waals surface area (Å²) in [6.07, 6.45) is 9.34. The van der Waals surface area contributed by atoms with Crippen molar-refractivity contribution in [2.45, 2.75) is 58.5 Å². The summed E-state index contributed by atoms with van der Waals surface area (Å²) in [6.45, 7) is 5.84. The van der Waals surface area contributed by atoms with Crippen molar-refractivity contribution >= 4 is 43.2 Å². The van der Waals surface area contributed by atoms with E-state index in [1.165, 1.54) is 5.56 Å². The number of aryl methyl sites for hydroxylation is 1. The van der Waals surface area contributed by atoms with Gasteiger partial charge in [0, 0.05) is 44.0 Å². The lowest BCUT2D eigenvalue weighted by Gasteiger charge is -2.31. The van der Waals surface area contributed by atoms with Crippen LogP contribution in [-0.2, 0) is 16.4 Å². The number of aromatic nitrogens is 3. The predicted molar refractivity (Wildman–Crippen MR) is 159 cm³/mol. The van der Waals surface area contributed by atoms with Gasteiger partial charge in [-0.2, -0.15) is 0 Å². The predicted octanol–water partition coefficient (Wildman–Crippen LogP) is 6.30. The second-order valence-corrected chi connectivity index (χ2v) is 12.8. The molecule has 0 atom stereocenters. The molecule has 1 aliphatic heterocycles. The molecule has 1 aliphatic rings. The van der Waals surface area contributed by atoms with E-state index < -0.39 is 10.0 Å². The van der Waals surface area contributed by atoms with E-state index in [0.29, 0.717) is 17.3 Å². The maximum absolute atomic E-state index is 12.3. The Balaban J connectivity index is 1.21. The van der Waals surface area contributed by atoms with Crippen LogP contribution in [-0.4, -0.2) is 48.3 Å². The molecule has 0 spiro atoms. The summed E-state index contributed by atoms with van der Waals surface area (Å²) < 4.78 is 34.7. The number of anilines is 2. The zero-order valence-corrected chi connectivity index (χ0v) is 24.1. The van der Waals surface area contributed by atoms with E-state index in [4.69, 9.17) is 9.72 Å². The Bertz CT molecular complexity index is 1500. The minimum absolute atomic E-state index is 0.109. The minimum Gasteiger partial charge on any atom is -0.467 e. The van der Waals surface area contributed by atoms with E-state index in [2.05, 4.69) is 32.6 Å². The van der Waals surface area contributed by atoms with Crippen molar-refractivity contribution in [3.63, 3.8) is 0 Å². The third-order valence-corrected chi connectivity index (χ3v) is 9.11. The number of ether oxygens (including phenoxy) is 1. The molecule has 0 amide bonds. The third kappa shape index (κ3) is 7.05. The van der Waals surface area contributed by atoms with Crippen molar-refractivity contribution in [2.24, 2.45) is 0 Å². The van der Waals surface area contributed by atoms with E-state index in [9.17, 15) is 8.42 Å². The molecule has 206 valence electrons. The fourth-order valence-electron chi connectivity index (χ4n) is 4.71. The molecule has 8 nitrogen and oxygen atoms in total. The molecule has 1 fully saturated rings. The van der Waals surface area contributed by atoms with Crippen molar-refractivity contribution in [1.29, 1.82) is 0 Å². The Morgan fingerprint density at radius 3 is 2.54 bits per heavy atom. The van der Waals surface area contributed by atoms with E-state index >= 15 is 0 Å². The average Bonchev–Trinajstić information content (AvgIpc) is 3.34. The Kier molecular flexibility index (Phi) is 8.62. The highest BCUT2D eigenvalue weighted by molar-refractivity contribution is 7.92. The lowest BCUT2D eigenvalue weighted by molar-refractivity contribution is 0.170. The average molecular weight is 566 g/mol. The van der Waals surface area contributed by atoms with Gasteiger partial charge in [-0.25, -0.2) is 23.4 Å². The fraction of sp³-hybridized carbons (Fsp3) is 0.414. The van der Waals surface area contributed by atoms with Gasteiger partial charge in [0.1, 0.15) is 6.10 Å². The Morgan fingerprint density at radius 2 is 1.79 bits per heavy atom. The molecule has 2 aromatic heterocycles. The summed E-state index contributed by atoms with van der Waals surface area (Å²) >= 11 is 1.54. The standard InChI is InChI=1S/C29H35N5O3S2/c1-3-5-16-39(35,36)33-24-9-6-8-22(17-24)23-10-11-26-27(18-23)38-29(32-26)37-25-12-14-34(15-13-25)28-30-19-21(7-4-2)20-31-28/h6,8-11,17-20,25,33H,3-5,7,12-16H2,1-2H3. The quantitative estimate of drug-likeness (QED) is 0.228. The molecule has 3 heterocycles. The number of nitrogens with one attached hydrogen (secondary N) is 1. The molecule has 2 aromatic carbocycles. The van der Waals surface area contributed by atoms with Crippen LogP contribution in [0.25, 0.3) is 21.3 Å². The number of fused-ring (bicyclic) bond motifs is 1. The molecule has 0 unspecified atom stereocenters. The zero-order valence-electron chi connectivity index (χ0n) is 22.5. The Morgan fingerprint density at radius 1 is 1.03 bits per heavy atom. The molecule has 10 heteroatoms. The Labute approximate surface area is 234 Å². The molecular weight excluding hydrogens is 530 g/mol.